The van der Waals surface area contributed by atoms with Gasteiger partial charge in [0.2, 0.25) is 0 Å². The smallest absolute Gasteiger partial charge is 0.387 e. The lowest BCUT2D eigenvalue weighted by Gasteiger charge is -2.14. The van der Waals surface area contributed by atoms with Gasteiger partial charge in [-0.3, -0.25) is 0 Å². The molecule has 2 N–H and O–H groups in total. The Bertz CT molecular complexity index is 994. The van der Waals surface area contributed by atoms with Gasteiger partial charge in [-0.05, 0) is 31.4 Å². The van der Waals surface area contributed by atoms with E-state index >= 15 is 0 Å². The van der Waals surface area contributed by atoms with Gasteiger partial charge in [0.15, 0.2) is 11.8 Å². The highest BCUT2D eigenvalue weighted by Gasteiger charge is 2.11. The van der Waals surface area contributed by atoms with Gasteiger partial charge in [-0.2, -0.15) is 8.78 Å². The van der Waals surface area contributed by atoms with Crippen molar-refractivity contribution >= 4 is 41.3 Å². The summed E-state index contributed by atoms with van der Waals surface area (Å²) in [5, 5.41) is 16.7. The van der Waals surface area contributed by atoms with Gasteiger partial charge in [-0.1, -0.05) is 23.8 Å². The van der Waals surface area contributed by atoms with Gasteiger partial charge in [0.25, 0.3) is 0 Å². The predicted octanol–water partition coefficient (Wildman–Crippen LogP) is 4.15. The number of thiophene rings is 1. The molecule has 0 aliphatic carbocycles. The second-order valence-electron chi connectivity index (χ2n) is 6.66. The molecule has 168 valence electrons. The number of aliphatic imine (C=N–C) groups is 1. The molecule has 0 bridgehead atoms. The van der Waals surface area contributed by atoms with Gasteiger partial charge >= 0.3 is 6.61 Å². The molecule has 0 atom stereocenters. The number of nitrogens with one attached hydrogen (secondary N) is 2. The minimum Gasteiger partial charge on any atom is -0.434 e. The maximum absolute atomic E-state index is 12.7. The molecular formula is C20H25F2IN6OS. The van der Waals surface area contributed by atoms with E-state index in [1.807, 2.05) is 43.0 Å². The van der Waals surface area contributed by atoms with E-state index in [0.29, 0.717) is 24.6 Å². The van der Waals surface area contributed by atoms with E-state index in [4.69, 9.17) is 0 Å². The summed E-state index contributed by atoms with van der Waals surface area (Å²) in [6, 6.07) is 9.08. The highest BCUT2D eigenvalue weighted by atomic mass is 127. The zero-order chi connectivity index (χ0) is 21.5. The second-order valence-corrected chi connectivity index (χ2v) is 7.70. The molecule has 11 heteroatoms. The zero-order valence-corrected chi connectivity index (χ0v) is 20.6. The molecule has 0 unspecified atom stereocenters. The van der Waals surface area contributed by atoms with Crippen LogP contribution in [0.1, 0.15) is 27.7 Å². The number of halogens is 3. The van der Waals surface area contributed by atoms with E-state index in [0.717, 1.165) is 22.1 Å². The first-order valence-corrected chi connectivity index (χ1v) is 10.2. The number of hydrogen-bond acceptors (Lipinski definition) is 5. The summed E-state index contributed by atoms with van der Waals surface area (Å²) in [5.74, 6) is 2.23. The fraction of sp³-hybridized carbons (Fsp3) is 0.350. The third-order valence-electron chi connectivity index (χ3n) is 4.45. The van der Waals surface area contributed by atoms with E-state index < -0.39 is 6.61 Å². The summed E-state index contributed by atoms with van der Waals surface area (Å²) in [4.78, 5) is 5.72. The molecule has 0 saturated heterocycles. The van der Waals surface area contributed by atoms with Gasteiger partial charge in [0, 0.05) is 17.5 Å². The van der Waals surface area contributed by atoms with E-state index in [1.165, 1.54) is 0 Å². The Balaban J connectivity index is 0.00000341. The molecule has 3 aromatic rings. The van der Waals surface area contributed by atoms with Crippen molar-refractivity contribution in [3.05, 3.63) is 63.4 Å². The number of aryl methyl sites for hydroxylation is 2. The molecule has 0 saturated carbocycles. The SMILES string of the molecule is Cc1ccc(OC(F)F)c(CN=C(NCc2cccs2)NCc2nnc(C)n2C)c1.I. The number of hydrogen-bond donors (Lipinski definition) is 2. The van der Waals surface area contributed by atoms with Crippen LogP contribution in [0.5, 0.6) is 5.75 Å². The van der Waals surface area contributed by atoms with Gasteiger partial charge in [-0.15, -0.1) is 45.5 Å². The molecule has 2 aromatic heterocycles. The zero-order valence-electron chi connectivity index (χ0n) is 17.4. The van der Waals surface area contributed by atoms with E-state index in [9.17, 15) is 8.78 Å². The van der Waals surface area contributed by atoms with Gasteiger partial charge in [0.1, 0.15) is 11.6 Å². The minimum absolute atomic E-state index is 0. The predicted molar refractivity (Wildman–Crippen MR) is 128 cm³/mol. The lowest BCUT2D eigenvalue weighted by atomic mass is 10.1. The van der Waals surface area contributed by atoms with Crippen molar-refractivity contribution in [1.82, 2.24) is 25.4 Å². The fourth-order valence-electron chi connectivity index (χ4n) is 2.73. The first-order chi connectivity index (χ1) is 14.4. The van der Waals surface area contributed by atoms with E-state index in [2.05, 4.69) is 30.6 Å². The molecule has 7 nitrogen and oxygen atoms in total. The summed E-state index contributed by atoms with van der Waals surface area (Å²) >= 11 is 1.64. The molecule has 0 amide bonds. The Morgan fingerprint density at radius 1 is 1.19 bits per heavy atom. The quantitative estimate of drug-likeness (QED) is 0.245. The van der Waals surface area contributed by atoms with Crippen LogP contribution in [0.4, 0.5) is 8.78 Å². The Kier molecular flexibility index (Phi) is 9.62. The topological polar surface area (TPSA) is 76.4 Å². The number of nitrogens with zero attached hydrogens (tertiary/aromatic N) is 4. The summed E-state index contributed by atoms with van der Waals surface area (Å²) in [7, 11) is 1.89. The fourth-order valence-corrected chi connectivity index (χ4v) is 3.38. The molecule has 31 heavy (non-hydrogen) atoms. The van der Waals surface area contributed by atoms with Crippen LogP contribution in [-0.4, -0.2) is 27.3 Å². The van der Waals surface area contributed by atoms with Crippen LogP contribution < -0.4 is 15.4 Å². The van der Waals surface area contributed by atoms with Gasteiger partial charge < -0.3 is 19.9 Å². The largest absolute Gasteiger partial charge is 0.434 e. The molecule has 0 radical (unpaired) electrons. The number of rotatable bonds is 8. The molecule has 0 fully saturated rings. The average molecular weight is 562 g/mol. The van der Waals surface area contributed by atoms with Crippen molar-refractivity contribution in [1.29, 1.82) is 0 Å². The van der Waals surface area contributed by atoms with Crippen molar-refractivity contribution in [2.75, 3.05) is 0 Å². The minimum atomic E-state index is -2.89. The molecular weight excluding hydrogens is 537 g/mol. The summed E-state index contributed by atoms with van der Waals surface area (Å²) in [6.45, 7) is 2.08. The van der Waals surface area contributed by atoms with Crippen molar-refractivity contribution in [2.45, 2.75) is 40.1 Å². The van der Waals surface area contributed by atoms with Crippen LogP contribution >= 0.6 is 35.3 Å². The third kappa shape index (κ3) is 7.42. The van der Waals surface area contributed by atoms with Gasteiger partial charge in [-0.25, -0.2) is 4.99 Å². The monoisotopic (exact) mass is 562 g/mol. The van der Waals surface area contributed by atoms with Gasteiger partial charge in [0.05, 0.1) is 19.6 Å². The van der Waals surface area contributed by atoms with Crippen LogP contribution in [0.3, 0.4) is 0 Å². The van der Waals surface area contributed by atoms with Crippen LogP contribution in [0.15, 0.2) is 40.7 Å². The highest BCUT2D eigenvalue weighted by Crippen LogP contribution is 2.23. The van der Waals surface area contributed by atoms with Crippen LogP contribution in [0.2, 0.25) is 0 Å². The Morgan fingerprint density at radius 3 is 2.61 bits per heavy atom. The van der Waals surface area contributed by atoms with Crippen LogP contribution in [-0.2, 0) is 26.7 Å². The number of alkyl halides is 2. The molecule has 3 rings (SSSR count). The number of benzene rings is 1. The summed E-state index contributed by atoms with van der Waals surface area (Å²) in [6.07, 6.45) is 0. The average Bonchev–Trinajstić information content (AvgIpc) is 3.34. The second kappa shape index (κ2) is 11.9. The van der Waals surface area contributed by atoms with Crippen molar-refractivity contribution in [2.24, 2.45) is 12.0 Å². The highest BCUT2D eigenvalue weighted by molar-refractivity contribution is 14.0. The van der Waals surface area contributed by atoms with Crippen molar-refractivity contribution < 1.29 is 13.5 Å². The maximum atomic E-state index is 12.7. The van der Waals surface area contributed by atoms with Crippen LogP contribution in [0, 0.1) is 13.8 Å². The first-order valence-electron chi connectivity index (χ1n) is 9.36. The lowest BCUT2D eigenvalue weighted by molar-refractivity contribution is -0.0504. The summed E-state index contributed by atoms with van der Waals surface area (Å²) in [5.41, 5.74) is 1.53. The molecule has 1 aromatic carbocycles. The lowest BCUT2D eigenvalue weighted by Crippen LogP contribution is -2.37. The van der Waals surface area contributed by atoms with Crippen molar-refractivity contribution in [3.63, 3.8) is 0 Å². The van der Waals surface area contributed by atoms with E-state index in [1.54, 1.807) is 29.5 Å². The standard InChI is InChI=1S/C20H24F2N6OS.HI/c1-13-6-7-17(29-19(21)22)15(9-13)10-23-20(24-11-16-5-4-8-30-16)25-12-18-27-26-14(2)28(18)3;/h4-9,19H,10-12H2,1-3H3,(H2,23,24,25);1H. The Morgan fingerprint density at radius 2 is 1.97 bits per heavy atom. The maximum Gasteiger partial charge on any atom is 0.387 e. The number of aromatic nitrogens is 3. The third-order valence-corrected chi connectivity index (χ3v) is 5.32. The normalized spacial score (nSPS) is 11.4. The first kappa shape index (κ1) is 25.0. The van der Waals surface area contributed by atoms with Crippen molar-refractivity contribution in [3.8, 4) is 5.75 Å². The molecule has 0 aliphatic rings. The Labute approximate surface area is 201 Å². The van der Waals surface area contributed by atoms with E-state index in [-0.39, 0.29) is 36.3 Å². The molecule has 0 spiro atoms. The molecule has 2 heterocycles. The summed E-state index contributed by atoms with van der Waals surface area (Å²) < 4.78 is 32.0. The van der Waals surface area contributed by atoms with Crippen LogP contribution in [0.25, 0.3) is 0 Å². The number of ether oxygens (including phenoxy) is 1. The Hall–Kier alpha value is -2.28. The molecule has 0 aliphatic heterocycles. The number of guanidine groups is 1.